The average molecular weight is 2010 g/mol. The molecule has 25 nitrogen and oxygen atoms in total. The molecule has 0 aliphatic carbocycles. The molecule has 6 heterocycles. The zero-order valence-corrected chi connectivity index (χ0v) is 84.1. The number of phosphoric acid groups is 1. The normalized spacial score (nSPS) is 24.3. The Morgan fingerprint density at radius 1 is 0.294 bits per heavy atom. The summed E-state index contributed by atoms with van der Waals surface area (Å²) in [5, 5.41) is 78.9. The van der Waals surface area contributed by atoms with Crippen LogP contribution in [-0.2, 0) is 65.9 Å². The molecule has 12 aromatic rings. The van der Waals surface area contributed by atoms with Gasteiger partial charge in [-0.1, -0.05) is 378 Å². The number of nitrogens with zero attached hydrogens (tertiary/aromatic N) is 9. The number of hydrogen-bond acceptors (Lipinski definition) is 25. The average Bonchev–Trinajstić information content (AvgIpc) is 0.731. The first-order valence-electron chi connectivity index (χ1n) is 48.9. The van der Waals surface area contributed by atoms with E-state index in [9.17, 15) is 30.6 Å². The van der Waals surface area contributed by atoms with Crippen LogP contribution >= 0.6 is 43.2 Å². The molecular formula is C114H126Cl3N12O13P. The van der Waals surface area contributed by atoms with Gasteiger partial charge in [0.2, 0.25) is 0 Å². The molecule has 9 N–H and O–H groups in total. The quantitative estimate of drug-likeness (QED) is 0.00765. The second kappa shape index (κ2) is 44.8. The standard InChI is InChI=1S/C114H126Cl3N12O13P/c1-82-73-124(106(133)118-103(82)130)100-79-121(112(88-49-25-10-26-50-88,89-51-27-11-28-52-89)90-53-29-12-30-54-90)76-97(137-100)67-70-109(4,85-43-19-7-20-44-85)127(115)140-143(136,141-128(116)110(5,86-45-21-8-22-46-86)71-68-98-77-122(80-101(138-98)125-74-83(2)104(131)119-107(125)134)113(91-55-31-13-32-56-91,92-57-33-14-34-58-92)93-59-35-15-36-60-93)142-129(117)111(6,87-47-23-9-24-48-87)72-69-99-78-123(81-102(139-99)126-75-84(3)105(132)120-108(126)135)114(94-61-37-16-38-62-94,95-63-39-17-40-64-95)96-65-41-18-42-66-96/h7-66,73-75,97-108,118-120,130-135H,67-72,76-81H2,1-6H3/t97-,98-,99-,100+,101+,102+,103?,104?,105?,106?,107?,108?,109-,110-,111-,143?/m0/s1. The summed E-state index contributed by atoms with van der Waals surface area (Å²) in [5.41, 5.74) is 4.62. The summed E-state index contributed by atoms with van der Waals surface area (Å²) in [5.74, 6) is 0. The first kappa shape index (κ1) is 103. The zero-order valence-electron chi connectivity index (χ0n) is 80.9. The molecular weight excluding hydrogens is 1880 g/mol. The van der Waals surface area contributed by atoms with Gasteiger partial charge in [-0.3, -0.25) is 14.7 Å². The Morgan fingerprint density at radius 3 is 0.636 bits per heavy atom. The van der Waals surface area contributed by atoms with Crippen LogP contribution < -0.4 is 16.0 Å². The van der Waals surface area contributed by atoms with Crippen LogP contribution in [0, 0.1) is 0 Å². The number of rotatable bonds is 36. The van der Waals surface area contributed by atoms with Crippen molar-refractivity contribution in [2.45, 2.75) is 188 Å². The maximum absolute atomic E-state index is 18.0. The van der Waals surface area contributed by atoms with Crippen LogP contribution in [0.25, 0.3) is 0 Å². The van der Waals surface area contributed by atoms with Crippen molar-refractivity contribution < 1.29 is 63.3 Å². The zero-order chi connectivity index (χ0) is 99.7. The summed E-state index contributed by atoms with van der Waals surface area (Å²) >= 11 is 24.6. The fourth-order valence-corrected chi connectivity index (χ4v) is 24.1. The first-order chi connectivity index (χ1) is 69.2. The molecule has 29 heteroatoms. The lowest BCUT2D eigenvalue weighted by Crippen LogP contribution is -2.64. The fourth-order valence-electron chi connectivity index (χ4n) is 21.7. The summed E-state index contributed by atoms with van der Waals surface area (Å²) < 4.78 is 64.5. The van der Waals surface area contributed by atoms with E-state index in [0.717, 1.165) is 63.8 Å². The molecule has 6 aliphatic heterocycles. The highest BCUT2D eigenvalue weighted by Gasteiger charge is 2.56. The summed E-state index contributed by atoms with van der Waals surface area (Å²) in [6.07, 6.45) is -6.17. The van der Waals surface area contributed by atoms with Gasteiger partial charge in [0.1, 0.15) is 37.4 Å². The molecule has 0 bridgehead atoms. The lowest BCUT2D eigenvalue weighted by molar-refractivity contribution is -0.206. The van der Waals surface area contributed by atoms with Gasteiger partial charge < -0.3 is 59.5 Å². The predicted octanol–water partition coefficient (Wildman–Crippen LogP) is 18.6. The summed E-state index contributed by atoms with van der Waals surface area (Å²) in [6.45, 7) is 12.6. The van der Waals surface area contributed by atoms with Crippen LogP contribution in [0.1, 0.15) is 147 Å². The summed E-state index contributed by atoms with van der Waals surface area (Å²) in [6, 6.07) is 122. The minimum atomic E-state index is -5.69. The molecule has 746 valence electrons. The van der Waals surface area contributed by atoms with Gasteiger partial charge in [-0.2, -0.15) is 13.9 Å². The van der Waals surface area contributed by atoms with Crippen LogP contribution in [0.3, 0.4) is 0 Å². The van der Waals surface area contributed by atoms with Crippen LogP contribution in [-0.4, -0.2) is 188 Å². The molecule has 3 saturated heterocycles. The third-order valence-electron chi connectivity index (χ3n) is 29.4. The SMILES string of the molecule is CC1=CN([C@H]2CN(C(c3ccccc3)(c3ccccc3)c3ccccc3)C[C@H](CC[C@@](C)(c3ccccc3)N(Cl)OP(=O)(ON(Cl)[C@@](C)(CC[C@H]3CN(C(c4ccccc4)(c4ccccc4)c4ccccc4)C[C@H](N4C=C(C)C(O)NC4O)O3)c3ccccc3)ON(Cl)[C@@](C)(CC[C@H]3CN(C(c4ccccc4)(c4ccccc4)c4ccccc4)C[C@H](N4C=C(C)C(O)NC4O)O3)c3ccccc3)O2)C(O)NC1O. The molecule has 12 aromatic carbocycles. The Hall–Kier alpha value is -10.5. The highest BCUT2D eigenvalue weighted by Crippen LogP contribution is 2.61. The third kappa shape index (κ3) is 21.2. The Balaban J connectivity index is 0.742. The first-order valence-corrected chi connectivity index (χ1v) is 51.4. The van der Waals surface area contributed by atoms with E-state index in [1.807, 2.05) is 276 Å². The molecule has 0 amide bonds. The Morgan fingerprint density at radius 2 is 0.462 bits per heavy atom. The van der Waals surface area contributed by atoms with Gasteiger partial charge in [0.15, 0.2) is 19.1 Å². The minimum absolute atomic E-state index is 0.0910. The van der Waals surface area contributed by atoms with E-state index in [4.69, 9.17) is 63.4 Å². The second-order valence-electron chi connectivity index (χ2n) is 38.5. The van der Waals surface area contributed by atoms with Gasteiger partial charge in [-0.15, -0.1) is 0 Å². The Kier molecular flexibility index (Phi) is 32.2. The van der Waals surface area contributed by atoms with Crippen LogP contribution in [0.15, 0.2) is 399 Å². The number of nitrogens with one attached hydrogen (secondary N) is 3. The number of morpholine rings is 3. The summed E-state index contributed by atoms with van der Waals surface area (Å²) in [7, 11) is -5.69. The van der Waals surface area contributed by atoms with Gasteiger partial charge in [0.05, 0.1) is 51.5 Å². The van der Waals surface area contributed by atoms with Gasteiger partial charge in [-0.05, 0) is 164 Å². The molecule has 3 fully saturated rings. The second-order valence-corrected chi connectivity index (χ2v) is 40.8. The van der Waals surface area contributed by atoms with E-state index >= 15 is 4.57 Å². The van der Waals surface area contributed by atoms with Crippen molar-refractivity contribution in [3.63, 3.8) is 0 Å². The number of hydrogen-bond donors (Lipinski definition) is 9. The lowest BCUT2D eigenvalue weighted by atomic mass is 9.75. The fraction of sp³-hybridized carbons (Fsp3) is 0.316. The molecule has 6 unspecified atom stereocenters. The van der Waals surface area contributed by atoms with Crippen LogP contribution in [0.2, 0.25) is 0 Å². The van der Waals surface area contributed by atoms with Crippen molar-refractivity contribution in [2.75, 3.05) is 39.3 Å². The molecule has 0 radical (unpaired) electrons. The Labute approximate surface area is 853 Å². The van der Waals surface area contributed by atoms with E-state index in [1.54, 1.807) is 54.1 Å². The molecule has 0 saturated carbocycles. The van der Waals surface area contributed by atoms with Crippen molar-refractivity contribution >= 4 is 43.2 Å². The van der Waals surface area contributed by atoms with Crippen molar-refractivity contribution in [2.24, 2.45) is 0 Å². The van der Waals surface area contributed by atoms with E-state index in [-0.39, 0.29) is 58.2 Å². The van der Waals surface area contributed by atoms with E-state index in [1.165, 1.54) is 0 Å². The highest BCUT2D eigenvalue weighted by atomic mass is 35.5. The molecule has 143 heavy (non-hydrogen) atoms. The van der Waals surface area contributed by atoms with Gasteiger partial charge in [0.25, 0.3) is 0 Å². The highest BCUT2D eigenvalue weighted by molar-refractivity contribution is 7.48. The van der Waals surface area contributed by atoms with Gasteiger partial charge in [-0.25, -0.2) is 20.5 Å². The van der Waals surface area contributed by atoms with Gasteiger partial charge in [0, 0.05) is 93.2 Å². The van der Waals surface area contributed by atoms with Crippen LogP contribution in [0.4, 0.5) is 0 Å². The monoisotopic (exact) mass is 2010 g/mol. The number of aliphatic hydroxyl groups excluding tert-OH is 6. The molecule has 0 spiro atoms. The van der Waals surface area contributed by atoms with Crippen molar-refractivity contribution in [1.82, 2.24) is 59.1 Å². The number of benzene rings is 12. The van der Waals surface area contributed by atoms with E-state index in [0.29, 0.717) is 53.0 Å². The van der Waals surface area contributed by atoms with Gasteiger partial charge >= 0.3 is 7.82 Å². The summed E-state index contributed by atoms with van der Waals surface area (Å²) in [4.78, 5) is 12.3. The van der Waals surface area contributed by atoms with Crippen molar-refractivity contribution in [3.05, 3.63) is 466 Å². The van der Waals surface area contributed by atoms with Crippen LogP contribution in [0.5, 0.6) is 0 Å². The molecule has 0 aromatic heterocycles. The van der Waals surface area contributed by atoms with Crippen molar-refractivity contribution in [3.8, 4) is 0 Å². The number of aliphatic hydroxyl groups is 6. The topological polar surface area (TPSA) is 259 Å². The molecule has 15 atom stereocenters. The number of ether oxygens (including phenoxy) is 3. The number of halogens is 3. The number of hydroxylamine groups is 3. The maximum Gasteiger partial charge on any atom is 0.528 e. The third-order valence-corrected chi connectivity index (χ3v) is 32.1. The lowest BCUT2D eigenvalue weighted by Gasteiger charge is -2.53. The van der Waals surface area contributed by atoms with Crippen molar-refractivity contribution in [1.29, 1.82) is 0 Å². The maximum atomic E-state index is 18.0. The Bertz CT molecular complexity index is 5380. The smallest absolute Gasteiger partial charge is 0.374 e. The largest absolute Gasteiger partial charge is 0.528 e. The molecule has 6 aliphatic rings. The molecule has 18 rings (SSSR count). The minimum Gasteiger partial charge on any atom is -0.374 e. The van der Waals surface area contributed by atoms with E-state index in [2.05, 4.69) is 140 Å². The predicted molar refractivity (Wildman–Crippen MR) is 554 cm³/mol. The van der Waals surface area contributed by atoms with E-state index < -0.39 is 116 Å².